The Morgan fingerprint density at radius 1 is 1.32 bits per heavy atom. The topological polar surface area (TPSA) is 70.9 Å². The molecule has 0 unspecified atom stereocenters. The van der Waals surface area contributed by atoms with Gasteiger partial charge in [-0.15, -0.1) is 0 Å². The first-order valence-corrected chi connectivity index (χ1v) is 7.80. The zero-order valence-electron chi connectivity index (χ0n) is 13.7. The quantitative estimate of drug-likeness (QED) is 0.595. The summed E-state index contributed by atoms with van der Waals surface area (Å²) in [5, 5.41) is 3.62. The number of imidazole rings is 1. The van der Waals surface area contributed by atoms with Crippen molar-refractivity contribution in [1.29, 1.82) is 0 Å². The number of anilines is 1. The fraction of sp³-hybridized carbons (Fsp3) is 0.235. The van der Waals surface area contributed by atoms with E-state index in [2.05, 4.69) is 25.3 Å². The lowest BCUT2D eigenvalue weighted by molar-refractivity contribution is 0.234. The third-order valence-corrected chi connectivity index (χ3v) is 3.85. The molecule has 8 heteroatoms. The van der Waals surface area contributed by atoms with Crippen molar-refractivity contribution in [1.82, 2.24) is 24.3 Å². The standard InChI is InChI=1S/C17H16F2N6/c1-17(2,19)9-23-16-22-7-12-11(6-21-14(12)24-16)10-5-13(18)15-20-3-4-25(15)8-10/h3-8H,9H2,1-2H3,(H2,21,22,23,24). The van der Waals surface area contributed by atoms with Crippen molar-refractivity contribution < 1.29 is 8.78 Å². The first-order chi connectivity index (χ1) is 11.9. The van der Waals surface area contributed by atoms with Crippen molar-refractivity contribution in [3.05, 3.63) is 42.9 Å². The molecule has 0 aliphatic carbocycles. The van der Waals surface area contributed by atoms with E-state index in [0.717, 1.165) is 10.9 Å². The van der Waals surface area contributed by atoms with Crippen LogP contribution >= 0.6 is 0 Å². The van der Waals surface area contributed by atoms with E-state index >= 15 is 0 Å². The van der Waals surface area contributed by atoms with Gasteiger partial charge in [-0.1, -0.05) is 0 Å². The number of aromatic amines is 1. The second-order valence-corrected chi connectivity index (χ2v) is 6.47. The minimum absolute atomic E-state index is 0.106. The van der Waals surface area contributed by atoms with E-state index in [1.165, 1.54) is 19.9 Å². The maximum absolute atomic E-state index is 14.2. The van der Waals surface area contributed by atoms with Gasteiger partial charge < -0.3 is 14.7 Å². The number of aromatic nitrogens is 5. The van der Waals surface area contributed by atoms with Crippen LogP contribution < -0.4 is 5.32 Å². The van der Waals surface area contributed by atoms with Crippen LogP contribution in [0.4, 0.5) is 14.7 Å². The van der Waals surface area contributed by atoms with Gasteiger partial charge >= 0.3 is 0 Å². The van der Waals surface area contributed by atoms with Gasteiger partial charge in [-0.2, -0.15) is 4.98 Å². The zero-order chi connectivity index (χ0) is 17.6. The number of hydrogen-bond donors (Lipinski definition) is 2. The molecule has 0 saturated carbocycles. The van der Waals surface area contributed by atoms with Gasteiger partial charge in [0.25, 0.3) is 0 Å². The summed E-state index contributed by atoms with van der Waals surface area (Å²) in [5.41, 5.74) is 0.970. The Hall–Kier alpha value is -3.03. The first-order valence-electron chi connectivity index (χ1n) is 7.80. The fourth-order valence-corrected chi connectivity index (χ4v) is 2.66. The number of halogens is 2. The first kappa shape index (κ1) is 15.5. The van der Waals surface area contributed by atoms with Crippen LogP contribution in [0.2, 0.25) is 0 Å². The molecule has 6 nitrogen and oxygen atoms in total. The van der Waals surface area contributed by atoms with E-state index in [1.807, 2.05) is 0 Å². The van der Waals surface area contributed by atoms with Crippen molar-refractivity contribution in [3.63, 3.8) is 0 Å². The average molecular weight is 342 g/mol. The second kappa shape index (κ2) is 5.51. The van der Waals surface area contributed by atoms with E-state index in [0.29, 0.717) is 17.2 Å². The lowest BCUT2D eigenvalue weighted by Crippen LogP contribution is -2.25. The second-order valence-electron chi connectivity index (χ2n) is 6.47. The summed E-state index contributed by atoms with van der Waals surface area (Å²) < 4.78 is 29.4. The molecule has 0 saturated heterocycles. The molecule has 0 fully saturated rings. The summed E-state index contributed by atoms with van der Waals surface area (Å²) in [6.07, 6.45) is 8.42. The fourth-order valence-electron chi connectivity index (χ4n) is 2.66. The van der Waals surface area contributed by atoms with E-state index < -0.39 is 11.5 Å². The molecule has 0 aromatic carbocycles. The summed E-state index contributed by atoms with van der Waals surface area (Å²) >= 11 is 0. The molecule has 0 amide bonds. The van der Waals surface area contributed by atoms with Crippen LogP contribution in [-0.2, 0) is 0 Å². The summed E-state index contributed by atoms with van der Waals surface area (Å²) in [6.45, 7) is 3.06. The van der Waals surface area contributed by atoms with E-state index in [9.17, 15) is 8.78 Å². The van der Waals surface area contributed by atoms with Gasteiger partial charge in [0.2, 0.25) is 5.95 Å². The minimum atomic E-state index is -1.36. The molecular formula is C17H16F2N6. The Labute approximate surface area is 141 Å². The Morgan fingerprint density at radius 3 is 2.96 bits per heavy atom. The number of rotatable bonds is 4. The maximum Gasteiger partial charge on any atom is 0.224 e. The largest absolute Gasteiger partial charge is 0.351 e. The Bertz CT molecular complexity index is 1060. The van der Waals surface area contributed by atoms with Crippen molar-refractivity contribution in [2.45, 2.75) is 19.5 Å². The van der Waals surface area contributed by atoms with Crippen LogP contribution in [0.3, 0.4) is 0 Å². The molecule has 0 radical (unpaired) electrons. The van der Waals surface area contributed by atoms with Crippen LogP contribution in [-0.4, -0.2) is 36.6 Å². The Kier molecular flexibility index (Phi) is 3.41. The third-order valence-electron chi connectivity index (χ3n) is 3.85. The summed E-state index contributed by atoms with van der Waals surface area (Å²) in [6, 6.07) is 1.43. The lowest BCUT2D eigenvalue weighted by atomic mass is 10.1. The number of alkyl halides is 1. The van der Waals surface area contributed by atoms with Crippen molar-refractivity contribution in [3.8, 4) is 11.1 Å². The molecule has 4 aromatic rings. The number of nitrogens with zero attached hydrogens (tertiary/aromatic N) is 4. The Morgan fingerprint density at radius 2 is 2.16 bits per heavy atom. The van der Waals surface area contributed by atoms with Crippen LogP contribution in [0.1, 0.15) is 13.8 Å². The van der Waals surface area contributed by atoms with Gasteiger partial charge in [0, 0.05) is 47.5 Å². The van der Waals surface area contributed by atoms with Gasteiger partial charge in [-0.3, -0.25) is 0 Å². The highest BCUT2D eigenvalue weighted by Crippen LogP contribution is 2.29. The number of fused-ring (bicyclic) bond motifs is 2. The molecule has 128 valence electrons. The van der Waals surface area contributed by atoms with Gasteiger partial charge in [0.05, 0.1) is 6.54 Å². The highest BCUT2D eigenvalue weighted by Gasteiger charge is 2.16. The summed E-state index contributed by atoms with van der Waals surface area (Å²) in [5.74, 6) is -0.0656. The molecule has 4 rings (SSSR count). The predicted octanol–water partition coefficient (Wildman–Crippen LogP) is 3.57. The van der Waals surface area contributed by atoms with Crippen molar-refractivity contribution >= 4 is 22.6 Å². The zero-order valence-corrected chi connectivity index (χ0v) is 13.7. The molecular weight excluding hydrogens is 326 g/mol. The normalized spacial score (nSPS) is 12.2. The molecule has 0 aliphatic rings. The van der Waals surface area contributed by atoms with Crippen molar-refractivity contribution in [2.75, 3.05) is 11.9 Å². The van der Waals surface area contributed by atoms with Crippen LogP contribution in [0.15, 0.2) is 37.1 Å². The summed E-state index contributed by atoms with van der Waals surface area (Å²) in [7, 11) is 0. The van der Waals surface area contributed by atoms with Crippen LogP contribution in [0.5, 0.6) is 0 Å². The van der Waals surface area contributed by atoms with Gasteiger partial charge in [0.15, 0.2) is 11.5 Å². The molecule has 2 N–H and O–H groups in total. The molecule has 0 aliphatic heterocycles. The van der Waals surface area contributed by atoms with E-state index in [-0.39, 0.29) is 12.2 Å². The molecule has 0 spiro atoms. The smallest absolute Gasteiger partial charge is 0.224 e. The number of H-pyrrole nitrogens is 1. The SMILES string of the molecule is CC(C)(F)CNc1ncc2c(-c3cc(F)c4nccn4c3)c[nH]c2n1. The van der Waals surface area contributed by atoms with E-state index in [1.54, 1.807) is 35.4 Å². The number of pyridine rings is 1. The van der Waals surface area contributed by atoms with Crippen molar-refractivity contribution in [2.24, 2.45) is 0 Å². The van der Waals surface area contributed by atoms with Gasteiger partial charge in [0.1, 0.15) is 11.3 Å². The molecule has 4 aromatic heterocycles. The minimum Gasteiger partial charge on any atom is -0.351 e. The third kappa shape index (κ3) is 2.90. The monoisotopic (exact) mass is 342 g/mol. The maximum atomic E-state index is 14.2. The van der Waals surface area contributed by atoms with Gasteiger partial charge in [-0.05, 0) is 19.9 Å². The Balaban J connectivity index is 1.73. The highest BCUT2D eigenvalue weighted by atomic mass is 19.1. The highest BCUT2D eigenvalue weighted by molar-refractivity contribution is 5.93. The summed E-state index contributed by atoms with van der Waals surface area (Å²) in [4.78, 5) is 15.6. The molecule has 0 atom stereocenters. The molecule has 0 bridgehead atoms. The number of nitrogens with one attached hydrogen (secondary N) is 2. The van der Waals surface area contributed by atoms with Crippen LogP contribution in [0.25, 0.3) is 27.8 Å². The molecule has 4 heterocycles. The predicted molar refractivity (Wildman–Crippen MR) is 91.7 cm³/mol. The lowest BCUT2D eigenvalue weighted by Gasteiger charge is -2.14. The van der Waals surface area contributed by atoms with Gasteiger partial charge in [-0.25, -0.2) is 18.7 Å². The van der Waals surface area contributed by atoms with E-state index in [4.69, 9.17) is 0 Å². The number of hydrogen-bond acceptors (Lipinski definition) is 4. The molecule has 25 heavy (non-hydrogen) atoms. The van der Waals surface area contributed by atoms with Crippen LogP contribution in [0, 0.1) is 5.82 Å². The average Bonchev–Trinajstić information content (AvgIpc) is 3.18.